The van der Waals surface area contributed by atoms with E-state index in [0.29, 0.717) is 24.4 Å². The number of hydrogen-bond donors (Lipinski definition) is 1. The van der Waals surface area contributed by atoms with Gasteiger partial charge in [-0.3, -0.25) is 4.79 Å². The van der Waals surface area contributed by atoms with Gasteiger partial charge in [0.15, 0.2) is 0 Å². The first kappa shape index (κ1) is 19.5. The van der Waals surface area contributed by atoms with E-state index in [1.807, 2.05) is 30.3 Å². The van der Waals surface area contributed by atoms with Gasteiger partial charge in [-0.15, -0.1) is 6.42 Å². The summed E-state index contributed by atoms with van der Waals surface area (Å²) in [6.45, 7) is 1.17. The second-order valence-corrected chi connectivity index (χ2v) is 6.57. The number of carbonyl (C=O) groups is 1. The molecule has 1 heterocycles. The third kappa shape index (κ3) is 4.52. The van der Waals surface area contributed by atoms with Crippen molar-refractivity contribution in [1.82, 2.24) is 14.9 Å². The van der Waals surface area contributed by atoms with Gasteiger partial charge in [-0.25, -0.2) is 4.98 Å². The number of fused-ring (bicyclic) bond motifs is 1. The number of imidazole rings is 1. The zero-order valence-electron chi connectivity index (χ0n) is 16.1. The number of nitrogens with zero attached hydrogens (tertiary/aromatic N) is 2. The summed E-state index contributed by atoms with van der Waals surface area (Å²) in [6.07, 6.45) is 9.31. The van der Waals surface area contributed by atoms with Gasteiger partial charge in [0.1, 0.15) is 11.6 Å². The van der Waals surface area contributed by atoms with Crippen LogP contribution in [0.4, 0.5) is 0 Å². The highest BCUT2D eigenvalue weighted by molar-refractivity contribution is 5.96. The Balaban J connectivity index is 1.46. The second kappa shape index (κ2) is 9.61. The van der Waals surface area contributed by atoms with Crippen molar-refractivity contribution in [2.45, 2.75) is 32.2 Å². The van der Waals surface area contributed by atoms with Gasteiger partial charge in [0.25, 0.3) is 5.91 Å². The maximum absolute atomic E-state index is 12.3. The Morgan fingerprint density at radius 2 is 1.93 bits per heavy atom. The van der Waals surface area contributed by atoms with E-state index in [9.17, 15) is 4.79 Å². The van der Waals surface area contributed by atoms with E-state index in [2.05, 4.69) is 21.9 Å². The molecule has 28 heavy (non-hydrogen) atoms. The van der Waals surface area contributed by atoms with Crippen LogP contribution in [-0.2, 0) is 13.0 Å². The zero-order valence-corrected chi connectivity index (χ0v) is 16.1. The Bertz CT molecular complexity index is 985. The highest BCUT2D eigenvalue weighted by Gasteiger charge is 2.11. The molecule has 3 aromatic rings. The van der Waals surface area contributed by atoms with E-state index in [1.165, 1.54) is 0 Å². The number of aryl methyl sites for hydroxylation is 1. The molecule has 0 fully saturated rings. The Kier molecular flexibility index (Phi) is 6.69. The summed E-state index contributed by atoms with van der Waals surface area (Å²) in [7, 11) is 1.57. The molecule has 0 radical (unpaired) electrons. The van der Waals surface area contributed by atoms with Crippen molar-refractivity contribution in [1.29, 1.82) is 0 Å². The van der Waals surface area contributed by atoms with Crippen LogP contribution in [0.3, 0.4) is 0 Å². The maximum Gasteiger partial charge on any atom is 0.255 e. The van der Waals surface area contributed by atoms with E-state index in [0.717, 1.165) is 42.5 Å². The van der Waals surface area contributed by atoms with E-state index in [-0.39, 0.29) is 5.91 Å². The molecule has 1 N–H and O–H groups in total. The molecular formula is C23H25N3O2. The van der Waals surface area contributed by atoms with E-state index in [4.69, 9.17) is 16.1 Å². The summed E-state index contributed by atoms with van der Waals surface area (Å²) >= 11 is 0. The molecule has 3 rings (SSSR count). The lowest BCUT2D eigenvalue weighted by Crippen LogP contribution is -2.24. The van der Waals surface area contributed by atoms with E-state index in [1.54, 1.807) is 19.2 Å². The molecule has 1 aromatic heterocycles. The standard InChI is InChI=1S/C23H25N3O2/c1-3-17-26-20-13-8-7-12-19(20)25-22(26)15-5-4-10-16-24-23(27)18-11-6-9-14-21(18)28-2/h1,6-9,11-14H,4-5,10,15-17H2,2H3,(H,24,27). The number of aromatic nitrogens is 2. The average molecular weight is 375 g/mol. The first-order valence-corrected chi connectivity index (χ1v) is 9.53. The Morgan fingerprint density at radius 3 is 2.75 bits per heavy atom. The fourth-order valence-electron chi connectivity index (χ4n) is 3.30. The van der Waals surface area contributed by atoms with Crippen molar-refractivity contribution < 1.29 is 9.53 Å². The number of rotatable bonds is 9. The van der Waals surface area contributed by atoms with Crippen LogP contribution in [0.2, 0.25) is 0 Å². The van der Waals surface area contributed by atoms with Crippen LogP contribution in [0, 0.1) is 12.3 Å². The smallest absolute Gasteiger partial charge is 0.255 e. The maximum atomic E-state index is 12.3. The van der Waals surface area contributed by atoms with Gasteiger partial charge in [0.05, 0.1) is 30.3 Å². The first-order chi connectivity index (χ1) is 13.7. The SMILES string of the molecule is C#CCn1c(CCCCCNC(=O)c2ccccc2OC)nc2ccccc21. The molecular weight excluding hydrogens is 350 g/mol. The lowest BCUT2D eigenvalue weighted by Gasteiger charge is -2.09. The molecule has 0 spiro atoms. The number of terminal acetylenes is 1. The molecule has 1 amide bonds. The van der Waals surface area contributed by atoms with Crippen LogP contribution in [0.5, 0.6) is 5.75 Å². The van der Waals surface area contributed by atoms with Crippen LogP contribution in [0.25, 0.3) is 11.0 Å². The lowest BCUT2D eigenvalue weighted by atomic mass is 10.1. The summed E-state index contributed by atoms with van der Waals surface area (Å²) in [5.41, 5.74) is 2.63. The Labute approximate surface area is 165 Å². The minimum Gasteiger partial charge on any atom is -0.496 e. The fourth-order valence-corrected chi connectivity index (χ4v) is 3.30. The largest absolute Gasteiger partial charge is 0.496 e. The normalized spacial score (nSPS) is 10.6. The molecule has 0 aliphatic rings. The van der Waals surface area contributed by atoms with E-state index >= 15 is 0 Å². The van der Waals surface area contributed by atoms with E-state index < -0.39 is 0 Å². The number of para-hydroxylation sites is 3. The zero-order chi connectivity index (χ0) is 19.8. The van der Waals surface area contributed by atoms with Crippen molar-refractivity contribution in [3.05, 3.63) is 59.9 Å². The third-order valence-corrected chi connectivity index (χ3v) is 4.70. The predicted molar refractivity (Wildman–Crippen MR) is 111 cm³/mol. The van der Waals surface area contributed by atoms with Gasteiger partial charge in [-0.05, 0) is 37.1 Å². The highest BCUT2D eigenvalue weighted by Crippen LogP contribution is 2.18. The molecule has 5 heteroatoms. The number of nitrogens with one attached hydrogen (secondary N) is 1. The number of methoxy groups -OCH3 is 1. The van der Waals surface area contributed by atoms with Crippen molar-refractivity contribution in [3.8, 4) is 18.1 Å². The number of benzene rings is 2. The van der Waals surface area contributed by atoms with Gasteiger partial charge in [0, 0.05) is 13.0 Å². The minimum atomic E-state index is -0.103. The molecule has 2 aromatic carbocycles. The topological polar surface area (TPSA) is 56.2 Å². The number of hydrogen-bond acceptors (Lipinski definition) is 3. The number of amides is 1. The second-order valence-electron chi connectivity index (χ2n) is 6.57. The molecule has 0 aliphatic heterocycles. The van der Waals surface area contributed by atoms with Crippen LogP contribution >= 0.6 is 0 Å². The number of unbranched alkanes of at least 4 members (excludes halogenated alkanes) is 2. The van der Waals surface area contributed by atoms with Gasteiger partial charge < -0.3 is 14.6 Å². The monoisotopic (exact) mass is 375 g/mol. The van der Waals surface area contributed by atoms with Crippen LogP contribution in [-0.4, -0.2) is 29.1 Å². The first-order valence-electron chi connectivity index (χ1n) is 9.53. The third-order valence-electron chi connectivity index (χ3n) is 4.70. The molecule has 0 atom stereocenters. The summed E-state index contributed by atoms with van der Waals surface area (Å²) in [5.74, 6) is 4.23. The molecule has 0 saturated carbocycles. The number of carbonyl (C=O) groups excluding carboxylic acids is 1. The van der Waals surface area contributed by atoms with Crippen LogP contribution < -0.4 is 10.1 Å². The molecule has 144 valence electrons. The van der Waals surface area contributed by atoms with Gasteiger partial charge in [-0.1, -0.05) is 36.6 Å². The summed E-state index contributed by atoms with van der Waals surface area (Å²) < 4.78 is 7.34. The molecule has 0 saturated heterocycles. The lowest BCUT2D eigenvalue weighted by molar-refractivity contribution is 0.0950. The van der Waals surface area contributed by atoms with Crippen molar-refractivity contribution in [3.63, 3.8) is 0 Å². The van der Waals surface area contributed by atoms with Crippen LogP contribution in [0.15, 0.2) is 48.5 Å². The molecule has 0 unspecified atom stereocenters. The van der Waals surface area contributed by atoms with Crippen molar-refractivity contribution >= 4 is 16.9 Å². The summed E-state index contributed by atoms with van der Waals surface area (Å²) in [6, 6.07) is 15.3. The van der Waals surface area contributed by atoms with Crippen molar-refractivity contribution in [2.75, 3.05) is 13.7 Å². The average Bonchev–Trinajstić information content (AvgIpc) is 3.08. The summed E-state index contributed by atoms with van der Waals surface area (Å²) in [5, 5.41) is 2.96. The molecule has 0 bridgehead atoms. The molecule has 0 aliphatic carbocycles. The fraction of sp³-hybridized carbons (Fsp3) is 0.304. The minimum absolute atomic E-state index is 0.103. The molecule has 5 nitrogen and oxygen atoms in total. The predicted octanol–water partition coefficient (Wildman–Crippen LogP) is 3.82. The van der Waals surface area contributed by atoms with Crippen molar-refractivity contribution in [2.24, 2.45) is 0 Å². The van der Waals surface area contributed by atoms with Crippen LogP contribution in [0.1, 0.15) is 35.4 Å². The van der Waals surface area contributed by atoms with Gasteiger partial charge in [0.2, 0.25) is 0 Å². The highest BCUT2D eigenvalue weighted by atomic mass is 16.5. The Morgan fingerprint density at radius 1 is 1.14 bits per heavy atom. The van der Waals surface area contributed by atoms with Gasteiger partial charge >= 0.3 is 0 Å². The Hall–Kier alpha value is -3.26. The van der Waals surface area contributed by atoms with Gasteiger partial charge in [-0.2, -0.15) is 0 Å². The quantitative estimate of drug-likeness (QED) is 0.457. The number of ether oxygens (including phenoxy) is 1. The summed E-state index contributed by atoms with van der Waals surface area (Å²) in [4.78, 5) is 17.0.